The van der Waals surface area contributed by atoms with Crippen LogP contribution in [0.2, 0.25) is 0 Å². The van der Waals surface area contributed by atoms with Gasteiger partial charge in [0.05, 0.1) is 17.6 Å². The van der Waals surface area contributed by atoms with Crippen LogP contribution in [0, 0.1) is 16.0 Å². The highest BCUT2D eigenvalue weighted by molar-refractivity contribution is 6.06. The van der Waals surface area contributed by atoms with Crippen LogP contribution in [-0.2, 0) is 4.79 Å². The number of carbonyl (C=O) groups is 2. The van der Waals surface area contributed by atoms with Gasteiger partial charge in [-0.3, -0.25) is 19.7 Å². The average Bonchev–Trinajstić information content (AvgIpc) is 2.73. The molecule has 0 aliphatic carbocycles. The Bertz CT molecular complexity index is 921. The SMILES string of the molecule is COc1ccc([N+](=O)[O-])cc1C(=O)Nc1ccc(N2CCC(C(N)=O)CC2)cc1. The van der Waals surface area contributed by atoms with Crippen molar-refractivity contribution in [2.75, 3.05) is 30.4 Å². The first-order valence-electron chi connectivity index (χ1n) is 9.17. The van der Waals surface area contributed by atoms with Crippen molar-refractivity contribution >= 4 is 28.9 Å². The molecule has 2 aromatic carbocycles. The number of hydrogen-bond donors (Lipinski definition) is 2. The van der Waals surface area contributed by atoms with Crippen LogP contribution in [0.4, 0.5) is 17.1 Å². The number of benzene rings is 2. The smallest absolute Gasteiger partial charge is 0.270 e. The maximum Gasteiger partial charge on any atom is 0.270 e. The van der Waals surface area contributed by atoms with Gasteiger partial charge in [-0.05, 0) is 43.2 Å². The Morgan fingerprint density at radius 1 is 1.17 bits per heavy atom. The quantitative estimate of drug-likeness (QED) is 0.568. The van der Waals surface area contributed by atoms with Gasteiger partial charge in [0.25, 0.3) is 11.6 Å². The fraction of sp³-hybridized carbons (Fsp3) is 0.300. The number of nitro groups is 1. The molecule has 3 rings (SSSR count). The molecule has 9 nitrogen and oxygen atoms in total. The molecule has 9 heteroatoms. The summed E-state index contributed by atoms with van der Waals surface area (Å²) in [5.74, 6) is -0.573. The number of carbonyl (C=O) groups excluding carboxylic acids is 2. The van der Waals surface area contributed by atoms with Crippen molar-refractivity contribution < 1.29 is 19.2 Å². The van der Waals surface area contributed by atoms with E-state index in [9.17, 15) is 19.7 Å². The highest BCUT2D eigenvalue weighted by Gasteiger charge is 2.23. The number of amides is 2. The standard InChI is InChI=1S/C20H22N4O5/c1-29-18-7-6-16(24(27)28)12-17(18)20(26)22-14-2-4-15(5-3-14)23-10-8-13(9-11-23)19(21)25/h2-7,12-13H,8-11H2,1H3,(H2,21,25)(H,22,26). The van der Waals surface area contributed by atoms with Crippen LogP contribution in [0.25, 0.3) is 0 Å². The number of rotatable bonds is 6. The van der Waals surface area contributed by atoms with E-state index in [0.717, 1.165) is 31.6 Å². The topological polar surface area (TPSA) is 128 Å². The monoisotopic (exact) mass is 398 g/mol. The minimum Gasteiger partial charge on any atom is -0.496 e. The van der Waals surface area contributed by atoms with Crippen LogP contribution < -0.4 is 20.7 Å². The predicted octanol–water partition coefficient (Wildman–Crippen LogP) is 2.56. The second kappa shape index (κ2) is 8.59. The Kier molecular flexibility index (Phi) is 5.96. The maximum absolute atomic E-state index is 12.6. The molecular formula is C20H22N4O5. The molecule has 152 valence electrons. The maximum atomic E-state index is 12.6. The fourth-order valence-electron chi connectivity index (χ4n) is 3.36. The molecule has 2 amide bonds. The number of anilines is 2. The molecule has 1 heterocycles. The normalized spacial score (nSPS) is 14.3. The van der Waals surface area contributed by atoms with Crippen molar-refractivity contribution in [2.45, 2.75) is 12.8 Å². The van der Waals surface area contributed by atoms with Gasteiger partial charge in [-0.1, -0.05) is 0 Å². The predicted molar refractivity (Wildman–Crippen MR) is 108 cm³/mol. The Hall–Kier alpha value is -3.62. The van der Waals surface area contributed by atoms with Crippen molar-refractivity contribution in [1.29, 1.82) is 0 Å². The molecule has 1 aliphatic heterocycles. The number of hydrogen-bond acceptors (Lipinski definition) is 6. The number of primary amides is 1. The van der Waals surface area contributed by atoms with Crippen LogP contribution in [0.3, 0.4) is 0 Å². The zero-order valence-electron chi connectivity index (χ0n) is 16.0. The first kappa shape index (κ1) is 20.1. The van der Waals surface area contributed by atoms with E-state index in [1.54, 1.807) is 12.1 Å². The van der Waals surface area contributed by atoms with Gasteiger partial charge in [0, 0.05) is 42.5 Å². The number of ether oxygens (including phenoxy) is 1. The lowest BCUT2D eigenvalue weighted by atomic mass is 9.96. The zero-order valence-corrected chi connectivity index (χ0v) is 16.0. The van der Waals surface area contributed by atoms with E-state index in [0.29, 0.717) is 5.69 Å². The summed E-state index contributed by atoms with van der Waals surface area (Å²) in [4.78, 5) is 36.5. The van der Waals surface area contributed by atoms with Gasteiger partial charge in [0.1, 0.15) is 5.75 Å². The van der Waals surface area contributed by atoms with Crippen molar-refractivity contribution in [2.24, 2.45) is 11.7 Å². The van der Waals surface area contributed by atoms with Crippen LogP contribution in [0.15, 0.2) is 42.5 Å². The number of nitrogens with one attached hydrogen (secondary N) is 1. The van der Waals surface area contributed by atoms with E-state index in [1.165, 1.54) is 25.3 Å². The van der Waals surface area contributed by atoms with E-state index >= 15 is 0 Å². The van der Waals surface area contributed by atoms with Gasteiger partial charge in [-0.2, -0.15) is 0 Å². The lowest BCUT2D eigenvalue weighted by molar-refractivity contribution is -0.384. The molecular weight excluding hydrogens is 376 g/mol. The van der Waals surface area contributed by atoms with Gasteiger partial charge in [-0.15, -0.1) is 0 Å². The van der Waals surface area contributed by atoms with Crippen molar-refractivity contribution in [3.63, 3.8) is 0 Å². The van der Waals surface area contributed by atoms with E-state index in [-0.39, 0.29) is 28.8 Å². The molecule has 0 aromatic heterocycles. The van der Waals surface area contributed by atoms with E-state index < -0.39 is 10.8 Å². The molecule has 1 fully saturated rings. The largest absolute Gasteiger partial charge is 0.496 e. The molecule has 0 unspecified atom stereocenters. The average molecular weight is 398 g/mol. The summed E-state index contributed by atoms with van der Waals surface area (Å²) >= 11 is 0. The summed E-state index contributed by atoms with van der Waals surface area (Å²) < 4.78 is 5.14. The molecule has 0 spiro atoms. The molecule has 29 heavy (non-hydrogen) atoms. The van der Waals surface area contributed by atoms with Crippen LogP contribution in [0.5, 0.6) is 5.75 Å². The third-order valence-electron chi connectivity index (χ3n) is 5.03. The fourth-order valence-corrected chi connectivity index (χ4v) is 3.36. The van der Waals surface area contributed by atoms with Crippen molar-refractivity contribution in [1.82, 2.24) is 0 Å². The van der Waals surface area contributed by atoms with Crippen molar-refractivity contribution in [3.05, 3.63) is 58.1 Å². The number of nitrogens with zero attached hydrogens (tertiary/aromatic N) is 2. The lowest BCUT2D eigenvalue weighted by Crippen LogP contribution is -2.38. The highest BCUT2D eigenvalue weighted by Crippen LogP contribution is 2.27. The third-order valence-corrected chi connectivity index (χ3v) is 5.03. The summed E-state index contributed by atoms with van der Waals surface area (Å²) in [6, 6.07) is 11.1. The lowest BCUT2D eigenvalue weighted by Gasteiger charge is -2.32. The van der Waals surface area contributed by atoms with Crippen molar-refractivity contribution in [3.8, 4) is 5.75 Å². The zero-order chi connectivity index (χ0) is 21.0. The summed E-state index contributed by atoms with van der Waals surface area (Å²) in [6.07, 6.45) is 1.45. The molecule has 0 radical (unpaired) electrons. The minimum atomic E-state index is -0.563. The molecule has 3 N–H and O–H groups in total. The molecule has 0 bridgehead atoms. The van der Waals surface area contributed by atoms with Gasteiger partial charge in [-0.25, -0.2) is 0 Å². The van der Waals surface area contributed by atoms with E-state index in [1.807, 2.05) is 12.1 Å². The number of piperidine rings is 1. The van der Waals surface area contributed by atoms with Crippen LogP contribution in [0.1, 0.15) is 23.2 Å². The third kappa shape index (κ3) is 4.63. The number of methoxy groups -OCH3 is 1. The summed E-state index contributed by atoms with van der Waals surface area (Å²) in [5.41, 5.74) is 6.80. The molecule has 1 saturated heterocycles. The Morgan fingerprint density at radius 3 is 2.38 bits per heavy atom. The first-order chi connectivity index (χ1) is 13.9. The Morgan fingerprint density at radius 2 is 1.83 bits per heavy atom. The van der Waals surface area contributed by atoms with E-state index in [2.05, 4.69) is 10.2 Å². The molecule has 1 aliphatic rings. The summed E-state index contributed by atoms with van der Waals surface area (Å²) in [6.45, 7) is 1.48. The Balaban J connectivity index is 1.69. The van der Waals surface area contributed by atoms with Crippen LogP contribution in [-0.4, -0.2) is 36.9 Å². The number of nitro benzene ring substituents is 1. The van der Waals surface area contributed by atoms with Crippen LogP contribution >= 0.6 is 0 Å². The van der Waals surface area contributed by atoms with Gasteiger partial charge in [0.15, 0.2) is 0 Å². The summed E-state index contributed by atoms with van der Waals surface area (Å²) in [7, 11) is 1.40. The first-order valence-corrected chi connectivity index (χ1v) is 9.17. The Labute approximate surface area is 167 Å². The molecule has 0 atom stereocenters. The van der Waals surface area contributed by atoms with Gasteiger partial charge in [0.2, 0.25) is 5.91 Å². The number of nitrogens with two attached hydrogens (primary N) is 1. The minimum absolute atomic E-state index is 0.0743. The summed E-state index contributed by atoms with van der Waals surface area (Å²) in [5, 5.41) is 13.7. The number of non-ortho nitro benzene ring substituents is 1. The molecule has 0 saturated carbocycles. The van der Waals surface area contributed by atoms with Gasteiger partial charge >= 0.3 is 0 Å². The van der Waals surface area contributed by atoms with E-state index in [4.69, 9.17) is 10.5 Å². The van der Waals surface area contributed by atoms with Gasteiger partial charge < -0.3 is 20.7 Å². The second-order valence-corrected chi connectivity index (χ2v) is 6.81. The molecule has 2 aromatic rings. The highest BCUT2D eigenvalue weighted by atomic mass is 16.6. The second-order valence-electron chi connectivity index (χ2n) is 6.81.